The van der Waals surface area contributed by atoms with E-state index in [0.717, 1.165) is 5.56 Å². The summed E-state index contributed by atoms with van der Waals surface area (Å²) in [6.07, 6.45) is 0. The van der Waals surface area contributed by atoms with E-state index in [-0.39, 0.29) is 5.69 Å². The van der Waals surface area contributed by atoms with E-state index in [2.05, 4.69) is 6.07 Å². The molecule has 0 saturated heterocycles. The van der Waals surface area contributed by atoms with Gasteiger partial charge in [0, 0.05) is 22.8 Å². The van der Waals surface area contributed by atoms with E-state index >= 15 is 0 Å². The molecule has 0 spiro atoms. The predicted octanol–water partition coefficient (Wildman–Crippen LogP) is 3.76. The van der Waals surface area contributed by atoms with Gasteiger partial charge in [-0.25, -0.2) is 0 Å². The third-order valence-corrected chi connectivity index (χ3v) is 3.66. The van der Waals surface area contributed by atoms with Crippen molar-refractivity contribution < 1.29 is 4.92 Å². The number of hydrogen-bond donors (Lipinski definition) is 0. The van der Waals surface area contributed by atoms with Gasteiger partial charge in [-0.1, -0.05) is 30.3 Å². The molecule has 0 atom stereocenters. The Morgan fingerprint density at radius 3 is 2.58 bits per heavy atom. The molecule has 4 nitrogen and oxygen atoms in total. The summed E-state index contributed by atoms with van der Waals surface area (Å²) in [5, 5.41) is 19.8. The van der Waals surface area contributed by atoms with Crippen LogP contribution in [0.1, 0.15) is 11.1 Å². The van der Waals surface area contributed by atoms with Gasteiger partial charge in [0.2, 0.25) is 0 Å². The Morgan fingerprint density at radius 1 is 1.21 bits per heavy atom. The standard InChI is InChI=1S/C14H10N2O2S/c15-9-12-6-7-13(16(17)18)8-14(12)19-10-11-4-2-1-3-5-11/h1-8H,10H2. The van der Waals surface area contributed by atoms with Crippen molar-refractivity contribution in [3.05, 3.63) is 69.8 Å². The molecule has 0 unspecified atom stereocenters. The van der Waals surface area contributed by atoms with Crippen LogP contribution in [0.5, 0.6) is 0 Å². The van der Waals surface area contributed by atoms with E-state index in [4.69, 9.17) is 5.26 Å². The Balaban J connectivity index is 2.21. The molecule has 0 aliphatic rings. The second kappa shape index (κ2) is 6.03. The average Bonchev–Trinajstić information content (AvgIpc) is 2.45. The van der Waals surface area contributed by atoms with Gasteiger partial charge in [-0.05, 0) is 11.6 Å². The monoisotopic (exact) mass is 270 g/mol. The first-order valence-electron chi connectivity index (χ1n) is 5.56. The summed E-state index contributed by atoms with van der Waals surface area (Å²) in [4.78, 5) is 10.9. The molecule has 94 valence electrons. The van der Waals surface area contributed by atoms with Crippen LogP contribution >= 0.6 is 11.8 Å². The molecule has 0 radical (unpaired) electrons. The zero-order valence-electron chi connectivity index (χ0n) is 9.95. The third kappa shape index (κ3) is 3.33. The van der Waals surface area contributed by atoms with Crippen LogP contribution in [-0.4, -0.2) is 4.92 Å². The van der Waals surface area contributed by atoms with Gasteiger partial charge in [0.1, 0.15) is 6.07 Å². The van der Waals surface area contributed by atoms with Crippen LogP contribution in [0.2, 0.25) is 0 Å². The Morgan fingerprint density at radius 2 is 1.95 bits per heavy atom. The quantitative estimate of drug-likeness (QED) is 0.482. The minimum Gasteiger partial charge on any atom is -0.258 e. The summed E-state index contributed by atoms with van der Waals surface area (Å²) in [6.45, 7) is 0. The fraction of sp³-hybridized carbons (Fsp3) is 0.0714. The fourth-order valence-electron chi connectivity index (χ4n) is 1.57. The van der Waals surface area contributed by atoms with Crippen LogP contribution in [-0.2, 0) is 5.75 Å². The van der Waals surface area contributed by atoms with E-state index in [0.29, 0.717) is 16.2 Å². The zero-order chi connectivity index (χ0) is 13.7. The minimum atomic E-state index is -0.451. The third-order valence-electron chi connectivity index (χ3n) is 2.53. The van der Waals surface area contributed by atoms with Gasteiger partial charge in [0.05, 0.1) is 10.5 Å². The largest absolute Gasteiger partial charge is 0.270 e. The van der Waals surface area contributed by atoms with Gasteiger partial charge in [-0.3, -0.25) is 10.1 Å². The van der Waals surface area contributed by atoms with Crippen LogP contribution in [0.3, 0.4) is 0 Å². The molecule has 0 bridgehead atoms. The summed E-state index contributed by atoms with van der Waals surface area (Å²) in [5.41, 5.74) is 1.59. The highest BCUT2D eigenvalue weighted by Crippen LogP contribution is 2.29. The van der Waals surface area contributed by atoms with E-state index in [1.165, 1.54) is 30.0 Å². The molecule has 0 aliphatic heterocycles. The Hall–Kier alpha value is -2.32. The van der Waals surface area contributed by atoms with Gasteiger partial charge >= 0.3 is 0 Å². The number of hydrogen-bond acceptors (Lipinski definition) is 4. The van der Waals surface area contributed by atoms with Crippen LogP contribution in [0.25, 0.3) is 0 Å². The van der Waals surface area contributed by atoms with Gasteiger partial charge < -0.3 is 0 Å². The molecular weight excluding hydrogens is 260 g/mol. The first kappa shape index (κ1) is 13.1. The second-order valence-corrected chi connectivity index (χ2v) is 4.84. The maximum absolute atomic E-state index is 10.7. The first-order valence-corrected chi connectivity index (χ1v) is 6.54. The second-order valence-electron chi connectivity index (χ2n) is 3.82. The topological polar surface area (TPSA) is 66.9 Å². The van der Waals surface area contributed by atoms with Gasteiger partial charge in [-0.15, -0.1) is 11.8 Å². The van der Waals surface area contributed by atoms with Crippen molar-refractivity contribution in [2.24, 2.45) is 0 Å². The predicted molar refractivity (Wildman–Crippen MR) is 73.8 cm³/mol. The number of nitro groups is 1. The Bertz CT molecular complexity index is 636. The van der Waals surface area contributed by atoms with Crippen molar-refractivity contribution in [1.29, 1.82) is 5.26 Å². The van der Waals surface area contributed by atoms with E-state index in [1.54, 1.807) is 0 Å². The molecule has 2 rings (SSSR count). The van der Waals surface area contributed by atoms with Gasteiger partial charge in [0.25, 0.3) is 5.69 Å². The smallest absolute Gasteiger partial charge is 0.258 e. The van der Waals surface area contributed by atoms with Crippen LogP contribution in [0.4, 0.5) is 5.69 Å². The number of rotatable bonds is 4. The first-order chi connectivity index (χ1) is 9.20. The molecule has 5 heteroatoms. The van der Waals surface area contributed by atoms with Crippen molar-refractivity contribution in [3.8, 4) is 6.07 Å². The lowest BCUT2D eigenvalue weighted by molar-refractivity contribution is -0.385. The summed E-state index contributed by atoms with van der Waals surface area (Å²) in [6, 6.07) is 16.1. The molecule has 0 amide bonds. The lowest BCUT2D eigenvalue weighted by atomic mass is 10.2. The molecular formula is C14H10N2O2S. The lowest BCUT2D eigenvalue weighted by Gasteiger charge is -2.04. The minimum absolute atomic E-state index is 0.00885. The molecule has 0 aliphatic carbocycles. The maximum Gasteiger partial charge on any atom is 0.270 e. The highest BCUT2D eigenvalue weighted by Gasteiger charge is 2.11. The summed E-state index contributed by atoms with van der Waals surface area (Å²) >= 11 is 1.43. The molecule has 2 aromatic rings. The number of nitrogens with zero attached hydrogens (tertiary/aromatic N) is 2. The molecule has 19 heavy (non-hydrogen) atoms. The Kier molecular flexibility index (Phi) is 4.16. The molecule has 0 aromatic heterocycles. The molecule has 0 N–H and O–H groups in total. The molecule has 0 heterocycles. The normalized spacial score (nSPS) is 9.84. The van der Waals surface area contributed by atoms with Crippen LogP contribution in [0.15, 0.2) is 53.4 Å². The van der Waals surface area contributed by atoms with Crippen LogP contribution in [0, 0.1) is 21.4 Å². The molecule has 2 aromatic carbocycles. The highest BCUT2D eigenvalue weighted by atomic mass is 32.2. The molecule has 0 saturated carbocycles. The summed E-state index contributed by atoms with van der Waals surface area (Å²) < 4.78 is 0. The van der Waals surface area contributed by atoms with Gasteiger partial charge in [-0.2, -0.15) is 5.26 Å². The van der Waals surface area contributed by atoms with Crippen molar-refractivity contribution in [1.82, 2.24) is 0 Å². The fourth-order valence-corrected chi connectivity index (χ4v) is 2.56. The summed E-state index contributed by atoms with van der Waals surface area (Å²) in [7, 11) is 0. The van der Waals surface area contributed by atoms with Crippen molar-refractivity contribution in [2.75, 3.05) is 0 Å². The van der Waals surface area contributed by atoms with E-state index < -0.39 is 4.92 Å². The maximum atomic E-state index is 10.7. The van der Waals surface area contributed by atoms with Gasteiger partial charge in [0.15, 0.2) is 0 Å². The number of benzene rings is 2. The van der Waals surface area contributed by atoms with Crippen molar-refractivity contribution >= 4 is 17.4 Å². The highest BCUT2D eigenvalue weighted by molar-refractivity contribution is 7.98. The summed E-state index contributed by atoms with van der Waals surface area (Å²) in [5.74, 6) is 0.677. The van der Waals surface area contributed by atoms with E-state index in [1.807, 2.05) is 30.3 Å². The van der Waals surface area contributed by atoms with Crippen molar-refractivity contribution in [2.45, 2.75) is 10.6 Å². The SMILES string of the molecule is N#Cc1ccc([N+](=O)[O-])cc1SCc1ccccc1. The number of nitro benzene ring substituents is 1. The Labute approximate surface area is 114 Å². The number of non-ortho nitro benzene ring substituents is 1. The number of nitriles is 1. The number of thioether (sulfide) groups is 1. The van der Waals surface area contributed by atoms with Crippen molar-refractivity contribution in [3.63, 3.8) is 0 Å². The molecule has 0 fully saturated rings. The zero-order valence-corrected chi connectivity index (χ0v) is 10.8. The lowest BCUT2D eigenvalue weighted by Crippen LogP contribution is -1.90. The van der Waals surface area contributed by atoms with Crippen LogP contribution < -0.4 is 0 Å². The average molecular weight is 270 g/mol. The van der Waals surface area contributed by atoms with E-state index in [9.17, 15) is 10.1 Å².